The number of benzene rings is 1. The van der Waals surface area contributed by atoms with Gasteiger partial charge >= 0.3 is 0 Å². The molecule has 1 aliphatic heterocycles. The fraction of sp³-hybridized carbons (Fsp3) is 0.571. The van der Waals surface area contributed by atoms with E-state index in [4.69, 9.17) is 10.5 Å². The summed E-state index contributed by atoms with van der Waals surface area (Å²) < 4.78 is 5.51. The van der Waals surface area contributed by atoms with E-state index < -0.39 is 5.60 Å². The molecule has 0 aliphatic carbocycles. The van der Waals surface area contributed by atoms with Gasteiger partial charge in [-0.15, -0.1) is 0 Å². The number of piperidine rings is 1. The van der Waals surface area contributed by atoms with Crippen molar-refractivity contribution in [2.24, 2.45) is 0 Å². The van der Waals surface area contributed by atoms with Crippen LogP contribution in [0.25, 0.3) is 0 Å². The molecule has 0 spiro atoms. The van der Waals surface area contributed by atoms with Gasteiger partial charge in [0.2, 0.25) is 0 Å². The van der Waals surface area contributed by atoms with Crippen molar-refractivity contribution in [3.05, 3.63) is 18.2 Å². The second-order valence-electron chi connectivity index (χ2n) is 5.18. The maximum absolute atomic E-state index is 10.1. The van der Waals surface area contributed by atoms with Crippen molar-refractivity contribution in [3.63, 3.8) is 0 Å². The topological polar surface area (TPSA) is 58.7 Å². The number of aliphatic hydroxyl groups is 1. The smallest absolute Gasteiger partial charge is 0.144 e. The van der Waals surface area contributed by atoms with Crippen molar-refractivity contribution in [3.8, 4) is 5.75 Å². The Labute approximate surface area is 108 Å². The molecule has 1 saturated heterocycles. The highest BCUT2D eigenvalue weighted by Crippen LogP contribution is 2.31. The lowest BCUT2D eigenvalue weighted by Gasteiger charge is -2.38. The number of nitrogens with zero attached hydrogens (tertiary/aromatic N) is 1. The molecule has 1 atom stereocenters. The van der Waals surface area contributed by atoms with Gasteiger partial charge in [-0.25, -0.2) is 0 Å². The minimum absolute atomic E-state index is 0.603. The Hall–Kier alpha value is -1.42. The Morgan fingerprint density at radius 2 is 2.28 bits per heavy atom. The van der Waals surface area contributed by atoms with Crippen molar-refractivity contribution in [2.75, 3.05) is 30.3 Å². The second-order valence-corrected chi connectivity index (χ2v) is 5.18. The van der Waals surface area contributed by atoms with Crippen molar-refractivity contribution >= 4 is 11.4 Å². The van der Waals surface area contributed by atoms with E-state index in [-0.39, 0.29) is 0 Å². The monoisotopic (exact) mass is 250 g/mol. The largest absolute Gasteiger partial charge is 0.492 e. The number of hydrogen-bond acceptors (Lipinski definition) is 4. The van der Waals surface area contributed by atoms with Gasteiger partial charge in [0.25, 0.3) is 0 Å². The number of rotatable bonds is 3. The first-order valence-electron chi connectivity index (χ1n) is 6.51. The Bertz CT molecular complexity index is 418. The molecular weight excluding hydrogens is 228 g/mol. The van der Waals surface area contributed by atoms with Crippen LogP contribution in [0.4, 0.5) is 11.4 Å². The van der Waals surface area contributed by atoms with E-state index in [0.29, 0.717) is 18.8 Å². The van der Waals surface area contributed by atoms with E-state index in [1.54, 1.807) is 0 Å². The first-order chi connectivity index (χ1) is 8.52. The molecule has 0 bridgehead atoms. The van der Waals surface area contributed by atoms with Gasteiger partial charge in [0, 0.05) is 24.8 Å². The van der Waals surface area contributed by atoms with E-state index in [1.165, 1.54) is 0 Å². The Morgan fingerprint density at radius 1 is 1.50 bits per heavy atom. The Kier molecular flexibility index (Phi) is 3.66. The summed E-state index contributed by atoms with van der Waals surface area (Å²) in [4.78, 5) is 2.19. The van der Waals surface area contributed by atoms with Crippen molar-refractivity contribution in [1.29, 1.82) is 0 Å². The van der Waals surface area contributed by atoms with Crippen LogP contribution in [0, 0.1) is 0 Å². The number of ether oxygens (including phenoxy) is 1. The van der Waals surface area contributed by atoms with Gasteiger partial charge in [0.15, 0.2) is 0 Å². The molecule has 0 aromatic heterocycles. The quantitative estimate of drug-likeness (QED) is 0.806. The van der Waals surface area contributed by atoms with Gasteiger partial charge in [-0.05, 0) is 38.8 Å². The first-order valence-corrected chi connectivity index (χ1v) is 6.51. The summed E-state index contributed by atoms with van der Waals surface area (Å²) in [5.41, 5.74) is 6.98. The number of nitrogen functional groups attached to an aromatic ring is 1. The molecule has 3 N–H and O–H groups in total. The highest BCUT2D eigenvalue weighted by molar-refractivity contribution is 5.62. The lowest BCUT2D eigenvalue weighted by molar-refractivity contribution is 0.0449. The highest BCUT2D eigenvalue weighted by Gasteiger charge is 2.28. The first kappa shape index (κ1) is 13.0. The van der Waals surface area contributed by atoms with Gasteiger partial charge in [0.05, 0.1) is 17.9 Å². The third kappa shape index (κ3) is 2.88. The normalized spacial score (nSPS) is 24.1. The summed E-state index contributed by atoms with van der Waals surface area (Å²) in [7, 11) is 0. The van der Waals surface area contributed by atoms with Crippen LogP contribution in [0.5, 0.6) is 5.75 Å². The summed E-state index contributed by atoms with van der Waals surface area (Å²) in [6.45, 7) is 6.05. The van der Waals surface area contributed by atoms with Gasteiger partial charge in [-0.1, -0.05) is 0 Å². The van der Waals surface area contributed by atoms with Crippen LogP contribution in [0.15, 0.2) is 18.2 Å². The maximum Gasteiger partial charge on any atom is 0.144 e. The standard InChI is InChI=1S/C14H22N2O2/c1-3-18-13-9-11(5-6-12(13)15)16-8-4-7-14(2,17)10-16/h5-6,9,17H,3-4,7-8,10,15H2,1-2H3. The van der Waals surface area contributed by atoms with Crippen LogP contribution >= 0.6 is 0 Å². The molecule has 4 heteroatoms. The van der Waals surface area contributed by atoms with Gasteiger partial charge in [-0.2, -0.15) is 0 Å². The van der Waals surface area contributed by atoms with Crippen molar-refractivity contribution in [2.45, 2.75) is 32.3 Å². The molecule has 1 fully saturated rings. The van der Waals surface area contributed by atoms with Crippen LogP contribution in [-0.4, -0.2) is 30.4 Å². The van der Waals surface area contributed by atoms with E-state index in [0.717, 1.165) is 30.8 Å². The summed E-state index contributed by atoms with van der Waals surface area (Å²) in [6, 6.07) is 5.81. The van der Waals surface area contributed by atoms with E-state index in [1.807, 2.05) is 32.0 Å². The minimum atomic E-state index is -0.606. The predicted octanol–water partition coefficient (Wildman–Crippen LogP) is 2.02. The third-order valence-electron chi connectivity index (χ3n) is 3.34. The van der Waals surface area contributed by atoms with E-state index in [9.17, 15) is 5.11 Å². The van der Waals surface area contributed by atoms with E-state index >= 15 is 0 Å². The van der Waals surface area contributed by atoms with Gasteiger partial charge < -0.3 is 20.5 Å². The summed E-state index contributed by atoms with van der Waals surface area (Å²) in [5, 5.41) is 10.1. The molecule has 18 heavy (non-hydrogen) atoms. The van der Waals surface area contributed by atoms with E-state index in [2.05, 4.69) is 4.90 Å². The van der Waals surface area contributed by atoms with Gasteiger partial charge in [0.1, 0.15) is 5.75 Å². The molecule has 2 rings (SSSR count). The third-order valence-corrected chi connectivity index (χ3v) is 3.34. The molecular formula is C14H22N2O2. The van der Waals surface area contributed by atoms with Crippen LogP contribution < -0.4 is 15.4 Å². The SMILES string of the molecule is CCOc1cc(N2CCCC(C)(O)C2)ccc1N. The molecule has 1 unspecified atom stereocenters. The summed E-state index contributed by atoms with van der Waals surface area (Å²) >= 11 is 0. The van der Waals surface area contributed by atoms with Crippen LogP contribution in [0.2, 0.25) is 0 Å². The van der Waals surface area contributed by atoms with Crippen molar-refractivity contribution < 1.29 is 9.84 Å². The average molecular weight is 250 g/mol. The number of anilines is 2. The maximum atomic E-state index is 10.1. The second kappa shape index (κ2) is 5.06. The zero-order chi connectivity index (χ0) is 13.2. The zero-order valence-electron chi connectivity index (χ0n) is 11.1. The molecule has 100 valence electrons. The number of nitrogens with two attached hydrogens (primary N) is 1. The van der Waals surface area contributed by atoms with Crippen molar-refractivity contribution in [1.82, 2.24) is 0 Å². The fourth-order valence-electron chi connectivity index (χ4n) is 2.44. The Morgan fingerprint density at radius 3 is 2.94 bits per heavy atom. The molecule has 0 radical (unpaired) electrons. The van der Waals surface area contributed by atoms with Gasteiger partial charge in [-0.3, -0.25) is 0 Å². The molecule has 1 aromatic carbocycles. The molecule has 4 nitrogen and oxygen atoms in total. The lowest BCUT2D eigenvalue weighted by Crippen LogP contribution is -2.46. The van der Waals surface area contributed by atoms with Crippen LogP contribution in [0.1, 0.15) is 26.7 Å². The number of hydrogen-bond donors (Lipinski definition) is 2. The highest BCUT2D eigenvalue weighted by atomic mass is 16.5. The molecule has 1 heterocycles. The van der Waals surface area contributed by atoms with Crippen LogP contribution in [-0.2, 0) is 0 Å². The molecule has 1 aromatic rings. The molecule has 1 aliphatic rings. The zero-order valence-corrected chi connectivity index (χ0v) is 11.1. The average Bonchev–Trinajstić information content (AvgIpc) is 2.31. The summed E-state index contributed by atoms with van der Waals surface area (Å²) in [5.74, 6) is 0.722. The number of β-amino-alcohol motifs (C(OH)–C–C–N with tert-alkyl or cyclic N) is 1. The van der Waals surface area contributed by atoms with Crippen LogP contribution in [0.3, 0.4) is 0 Å². The molecule has 0 saturated carbocycles. The lowest BCUT2D eigenvalue weighted by atomic mass is 9.95. The molecule has 0 amide bonds. The predicted molar refractivity (Wildman–Crippen MR) is 74.1 cm³/mol. The minimum Gasteiger partial charge on any atom is -0.492 e. The fourth-order valence-corrected chi connectivity index (χ4v) is 2.44. The Balaban J connectivity index is 2.20. The summed E-state index contributed by atoms with van der Waals surface area (Å²) in [6.07, 6.45) is 1.86.